The molecule has 4 nitrogen and oxygen atoms in total. The van der Waals surface area contributed by atoms with E-state index in [9.17, 15) is 4.79 Å². The van der Waals surface area contributed by atoms with Crippen LogP contribution in [0.2, 0.25) is 0 Å². The van der Waals surface area contributed by atoms with Gasteiger partial charge in [-0.15, -0.1) is 0 Å². The Morgan fingerprint density at radius 3 is 2.48 bits per heavy atom. The van der Waals surface area contributed by atoms with Crippen LogP contribution in [-0.4, -0.2) is 34.5 Å². The molecule has 0 spiro atoms. The lowest BCUT2D eigenvalue weighted by Crippen LogP contribution is -2.44. The van der Waals surface area contributed by atoms with Gasteiger partial charge in [-0.1, -0.05) is 30.3 Å². The Hall–Kier alpha value is -2.59. The van der Waals surface area contributed by atoms with Crippen molar-refractivity contribution in [2.45, 2.75) is 52.7 Å². The molecule has 0 unspecified atom stereocenters. The van der Waals surface area contributed by atoms with Crippen LogP contribution in [0, 0.1) is 13.8 Å². The number of likely N-dealkylation sites (tertiary alicyclic amines) is 1. The average molecular weight is 390 g/mol. The van der Waals surface area contributed by atoms with Crippen LogP contribution in [0.5, 0.6) is 0 Å². The minimum atomic E-state index is 0.0507. The fraction of sp³-hybridized carbons (Fsp3) is 0.400. The number of aromatic nitrogens is 1. The molecule has 1 fully saturated rings. The number of rotatable bonds is 5. The molecule has 0 saturated carbocycles. The van der Waals surface area contributed by atoms with Crippen LogP contribution in [0.3, 0.4) is 0 Å². The molecule has 0 aliphatic carbocycles. The zero-order valence-electron chi connectivity index (χ0n) is 17.7. The predicted molar refractivity (Wildman–Crippen MR) is 119 cm³/mol. The van der Waals surface area contributed by atoms with E-state index in [1.54, 1.807) is 0 Å². The second kappa shape index (κ2) is 8.42. The van der Waals surface area contributed by atoms with Crippen molar-refractivity contribution in [3.8, 4) is 0 Å². The summed E-state index contributed by atoms with van der Waals surface area (Å²) in [6, 6.07) is 17.0. The Balaban J connectivity index is 1.38. The third kappa shape index (κ3) is 4.08. The van der Waals surface area contributed by atoms with Gasteiger partial charge in [0.25, 0.3) is 5.91 Å². The molecular weight excluding hydrogens is 358 g/mol. The lowest BCUT2D eigenvalue weighted by Gasteiger charge is -2.32. The highest BCUT2D eigenvalue weighted by atomic mass is 16.1. The topological polar surface area (TPSA) is 37.3 Å². The molecule has 29 heavy (non-hydrogen) atoms. The van der Waals surface area contributed by atoms with Crippen molar-refractivity contribution in [2.24, 2.45) is 0 Å². The number of amides is 1. The van der Waals surface area contributed by atoms with E-state index in [1.807, 2.05) is 6.07 Å². The van der Waals surface area contributed by atoms with Crippen LogP contribution in [0.15, 0.2) is 48.5 Å². The molecule has 2 aromatic carbocycles. The summed E-state index contributed by atoms with van der Waals surface area (Å²) in [5.74, 6) is 0.0507. The van der Waals surface area contributed by atoms with Crippen molar-refractivity contribution in [3.05, 3.63) is 70.9 Å². The number of hydrogen-bond donors (Lipinski definition) is 1. The van der Waals surface area contributed by atoms with E-state index in [2.05, 4.69) is 78.0 Å². The summed E-state index contributed by atoms with van der Waals surface area (Å²) in [4.78, 5) is 15.3. The molecule has 1 N–H and O–H groups in total. The van der Waals surface area contributed by atoms with Crippen molar-refractivity contribution in [1.82, 2.24) is 14.8 Å². The number of fused-ring (bicyclic) bond motifs is 1. The minimum absolute atomic E-state index is 0.0507. The Bertz CT molecular complexity index is 998. The summed E-state index contributed by atoms with van der Waals surface area (Å²) in [6.45, 7) is 10.5. The van der Waals surface area contributed by atoms with Crippen LogP contribution < -0.4 is 5.32 Å². The SMILES string of the molecule is CCn1c(C)c(C)c2cc(C(=O)NC3CCN(Cc4ccccc4)CC3)ccc21. The molecule has 1 aliphatic rings. The highest BCUT2D eigenvalue weighted by molar-refractivity contribution is 5.99. The molecule has 1 aliphatic heterocycles. The van der Waals surface area contributed by atoms with E-state index in [-0.39, 0.29) is 11.9 Å². The third-order valence-electron chi connectivity index (χ3n) is 6.39. The van der Waals surface area contributed by atoms with E-state index in [4.69, 9.17) is 0 Å². The number of nitrogens with zero attached hydrogens (tertiary/aromatic N) is 2. The fourth-order valence-electron chi connectivity index (χ4n) is 4.54. The standard InChI is InChI=1S/C25H31N3O/c1-4-28-19(3)18(2)23-16-21(10-11-24(23)28)25(29)26-22-12-14-27(15-13-22)17-20-8-6-5-7-9-20/h5-11,16,22H,4,12-15,17H2,1-3H3,(H,26,29). The Morgan fingerprint density at radius 2 is 1.79 bits per heavy atom. The zero-order chi connectivity index (χ0) is 20.4. The summed E-state index contributed by atoms with van der Waals surface area (Å²) in [5, 5.41) is 4.46. The van der Waals surface area contributed by atoms with Crippen molar-refractivity contribution in [2.75, 3.05) is 13.1 Å². The molecule has 4 heteroatoms. The first kappa shape index (κ1) is 19.7. The van der Waals surface area contributed by atoms with Crippen LogP contribution >= 0.6 is 0 Å². The van der Waals surface area contributed by atoms with Crippen molar-refractivity contribution < 1.29 is 4.79 Å². The maximum absolute atomic E-state index is 12.9. The highest BCUT2D eigenvalue weighted by Crippen LogP contribution is 2.26. The van der Waals surface area contributed by atoms with E-state index in [1.165, 1.54) is 27.7 Å². The van der Waals surface area contributed by atoms with Gasteiger partial charge in [-0.25, -0.2) is 0 Å². The maximum Gasteiger partial charge on any atom is 0.251 e. The lowest BCUT2D eigenvalue weighted by atomic mass is 10.0. The number of carbonyl (C=O) groups is 1. The first-order chi connectivity index (χ1) is 14.1. The van der Waals surface area contributed by atoms with Gasteiger partial charge >= 0.3 is 0 Å². The third-order valence-corrected chi connectivity index (χ3v) is 6.39. The number of benzene rings is 2. The second-order valence-corrected chi connectivity index (χ2v) is 8.20. The van der Waals surface area contributed by atoms with Crippen LogP contribution in [-0.2, 0) is 13.1 Å². The quantitative estimate of drug-likeness (QED) is 0.688. The van der Waals surface area contributed by atoms with E-state index in [0.717, 1.165) is 44.6 Å². The van der Waals surface area contributed by atoms with Gasteiger partial charge < -0.3 is 9.88 Å². The van der Waals surface area contributed by atoms with Crippen molar-refractivity contribution >= 4 is 16.8 Å². The number of aryl methyl sites for hydroxylation is 2. The van der Waals surface area contributed by atoms with Gasteiger partial charge in [-0.3, -0.25) is 9.69 Å². The number of piperidine rings is 1. The van der Waals surface area contributed by atoms with Gasteiger partial charge in [-0.05, 0) is 62.9 Å². The highest BCUT2D eigenvalue weighted by Gasteiger charge is 2.22. The smallest absolute Gasteiger partial charge is 0.251 e. The molecule has 1 aromatic heterocycles. The first-order valence-corrected chi connectivity index (χ1v) is 10.7. The van der Waals surface area contributed by atoms with Gasteiger partial charge in [0.05, 0.1) is 0 Å². The lowest BCUT2D eigenvalue weighted by molar-refractivity contribution is 0.0909. The molecule has 1 amide bonds. The zero-order valence-corrected chi connectivity index (χ0v) is 17.7. The van der Waals surface area contributed by atoms with Crippen LogP contribution in [0.1, 0.15) is 46.9 Å². The molecule has 0 atom stereocenters. The van der Waals surface area contributed by atoms with Gasteiger partial charge in [0.1, 0.15) is 0 Å². The van der Waals surface area contributed by atoms with Crippen molar-refractivity contribution in [3.63, 3.8) is 0 Å². The second-order valence-electron chi connectivity index (χ2n) is 8.20. The number of hydrogen-bond acceptors (Lipinski definition) is 2. The van der Waals surface area contributed by atoms with Crippen LogP contribution in [0.25, 0.3) is 10.9 Å². The summed E-state index contributed by atoms with van der Waals surface area (Å²) in [5.41, 5.74) is 5.89. The average Bonchev–Trinajstić information content (AvgIpc) is 2.99. The minimum Gasteiger partial charge on any atom is -0.349 e. The molecule has 152 valence electrons. The molecule has 1 saturated heterocycles. The predicted octanol–water partition coefficient (Wildman–Crippen LogP) is 4.67. The maximum atomic E-state index is 12.9. The molecule has 4 rings (SSSR count). The summed E-state index contributed by atoms with van der Waals surface area (Å²) in [6.07, 6.45) is 2.01. The van der Waals surface area contributed by atoms with Crippen molar-refractivity contribution in [1.29, 1.82) is 0 Å². The summed E-state index contributed by atoms with van der Waals surface area (Å²) >= 11 is 0. The summed E-state index contributed by atoms with van der Waals surface area (Å²) in [7, 11) is 0. The fourth-order valence-corrected chi connectivity index (χ4v) is 4.54. The Labute approximate surface area is 173 Å². The molecular formula is C25H31N3O. The van der Waals surface area contributed by atoms with Gasteiger partial charge in [0, 0.05) is 54.4 Å². The Morgan fingerprint density at radius 1 is 1.07 bits per heavy atom. The molecule has 3 aromatic rings. The monoisotopic (exact) mass is 389 g/mol. The number of carbonyl (C=O) groups excluding carboxylic acids is 1. The summed E-state index contributed by atoms with van der Waals surface area (Å²) < 4.78 is 2.31. The molecule has 0 radical (unpaired) electrons. The van der Waals surface area contributed by atoms with E-state index >= 15 is 0 Å². The van der Waals surface area contributed by atoms with Gasteiger partial charge in [-0.2, -0.15) is 0 Å². The Kier molecular flexibility index (Phi) is 5.72. The number of nitrogens with one attached hydrogen (secondary N) is 1. The van der Waals surface area contributed by atoms with Gasteiger partial charge in [0.2, 0.25) is 0 Å². The van der Waals surface area contributed by atoms with Gasteiger partial charge in [0.15, 0.2) is 0 Å². The van der Waals surface area contributed by atoms with E-state index in [0.29, 0.717) is 0 Å². The first-order valence-electron chi connectivity index (χ1n) is 10.7. The normalized spacial score (nSPS) is 15.7. The molecule has 0 bridgehead atoms. The molecule has 2 heterocycles. The largest absolute Gasteiger partial charge is 0.349 e. The van der Waals surface area contributed by atoms with Crippen LogP contribution in [0.4, 0.5) is 0 Å². The van der Waals surface area contributed by atoms with E-state index < -0.39 is 0 Å².